The van der Waals surface area contributed by atoms with Crippen molar-refractivity contribution in [1.82, 2.24) is 15.6 Å². The van der Waals surface area contributed by atoms with Gasteiger partial charge in [-0.3, -0.25) is 14.6 Å². The Labute approximate surface area is 258 Å². The smallest absolute Gasteiger partial charge is 0.255 e. The molecule has 2 heterocycles. The molecule has 0 radical (unpaired) electrons. The molecule has 1 aromatic heterocycles. The predicted molar refractivity (Wildman–Crippen MR) is 167 cm³/mol. The number of thiocarbonyl (C=S) groups is 1. The monoisotopic (exact) mass is 618 g/mol. The summed E-state index contributed by atoms with van der Waals surface area (Å²) in [5, 5.41) is 8.76. The van der Waals surface area contributed by atoms with Gasteiger partial charge >= 0.3 is 0 Å². The first-order chi connectivity index (χ1) is 21.1. The van der Waals surface area contributed by atoms with Crippen LogP contribution >= 0.6 is 12.2 Å². The van der Waals surface area contributed by atoms with Crippen LogP contribution in [0.15, 0.2) is 72.9 Å². The number of anilines is 1. The first-order valence-corrected chi connectivity index (χ1v) is 14.2. The van der Waals surface area contributed by atoms with Crippen LogP contribution in [0.5, 0.6) is 17.2 Å². The summed E-state index contributed by atoms with van der Waals surface area (Å²) in [5.41, 5.74) is 1.90. The Morgan fingerprint density at radius 3 is 2.57 bits per heavy atom. The van der Waals surface area contributed by atoms with Crippen LogP contribution in [-0.4, -0.2) is 54.1 Å². The van der Waals surface area contributed by atoms with E-state index in [-0.39, 0.29) is 53.1 Å². The number of nitrogens with zero attached hydrogens (tertiary/aromatic N) is 1. The van der Waals surface area contributed by atoms with Gasteiger partial charge in [0, 0.05) is 35.9 Å². The maximum Gasteiger partial charge on any atom is 0.255 e. The van der Waals surface area contributed by atoms with E-state index in [1.54, 1.807) is 24.3 Å². The molecule has 1 aliphatic heterocycles. The van der Waals surface area contributed by atoms with Gasteiger partial charge in [-0.25, -0.2) is 4.39 Å². The first kappa shape index (κ1) is 30.8. The number of aromatic nitrogens is 1. The van der Waals surface area contributed by atoms with E-state index in [0.717, 1.165) is 5.56 Å². The molecule has 0 bridgehead atoms. The summed E-state index contributed by atoms with van der Waals surface area (Å²) in [7, 11) is 1.46. The molecule has 44 heavy (non-hydrogen) atoms. The highest BCUT2D eigenvalue weighted by Crippen LogP contribution is 2.35. The minimum absolute atomic E-state index is 0.0367. The number of benzene rings is 3. The molecule has 1 aliphatic rings. The van der Waals surface area contributed by atoms with Crippen molar-refractivity contribution in [2.45, 2.75) is 32.2 Å². The van der Waals surface area contributed by atoms with E-state index < -0.39 is 11.6 Å². The van der Waals surface area contributed by atoms with E-state index in [4.69, 9.17) is 31.2 Å². The second-order valence-corrected chi connectivity index (χ2v) is 10.9. The van der Waals surface area contributed by atoms with Gasteiger partial charge in [0.05, 0.1) is 31.2 Å². The van der Waals surface area contributed by atoms with Crippen molar-refractivity contribution in [2.24, 2.45) is 0 Å². The lowest BCUT2D eigenvalue weighted by atomic mass is 10.1. The summed E-state index contributed by atoms with van der Waals surface area (Å²) in [5.74, 6) is -1.53. The van der Waals surface area contributed by atoms with E-state index in [9.17, 15) is 9.59 Å². The zero-order valence-corrected chi connectivity index (χ0v) is 25.1. The second kappa shape index (κ2) is 13.3. The quantitative estimate of drug-likeness (QED) is 0.220. The number of rotatable bonds is 9. The van der Waals surface area contributed by atoms with Gasteiger partial charge in [0.25, 0.3) is 5.91 Å². The molecule has 1 fully saturated rings. The first-order valence-electron chi connectivity index (χ1n) is 13.8. The van der Waals surface area contributed by atoms with Crippen molar-refractivity contribution in [2.75, 3.05) is 25.6 Å². The number of carbonyl (C=O) groups excluding carboxylic acids is 2. The number of methoxy groups -OCH3 is 1. The Hall–Kier alpha value is -4.65. The Morgan fingerprint density at radius 2 is 1.86 bits per heavy atom. The van der Waals surface area contributed by atoms with Gasteiger partial charge in [0.1, 0.15) is 17.6 Å². The zero-order valence-electron chi connectivity index (χ0n) is 24.3. The molecule has 0 aliphatic carbocycles. The molecular weight excluding hydrogens is 587 g/mol. The second-order valence-electron chi connectivity index (χ2n) is 10.5. The summed E-state index contributed by atoms with van der Waals surface area (Å²) in [6, 6.07) is 18.2. The topological polar surface area (TPSA) is 120 Å². The molecular formula is C32H31FN4O6S. The van der Waals surface area contributed by atoms with Crippen LogP contribution in [0.1, 0.15) is 29.8 Å². The number of ether oxygens (including phenoxy) is 4. The molecule has 5 rings (SSSR count). The van der Waals surface area contributed by atoms with E-state index in [0.29, 0.717) is 28.9 Å². The lowest BCUT2D eigenvalue weighted by molar-refractivity contribution is -0.137. The van der Waals surface area contributed by atoms with E-state index in [1.807, 2.05) is 44.2 Å². The fourth-order valence-electron chi connectivity index (χ4n) is 4.64. The van der Waals surface area contributed by atoms with Gasteiger partial charge in [-0.1, -0.05) is 30.3 Å². The van der Waals surface area contributed by atoms with E-state index in [2.05, 4.69) is 20.9 Å². The molecule has 1 unspecified atom stereocenters. The lowest BCUT2D eigenvalue weighted by Crippen LogP contribution is -2.35. The molecule has 3 N–H and O–H groups in total. The number of nitrogens with one attached hydrogen (secondary N) is 3. The highest BCUT2D eigenvalue weighted by atomic mass is 32.1. The molecule has 1 saturated heterocycles. The van der Waals surface area contributed by atoms with Crippen LogP contribution in [0.4, 0.5) is 10.1 Å². The van der Waals surface area contributed by atoms with Crippen molar-refractivity contribution in [1.29, 1.82) is 0 Å². The van der Waals surface area contributed by atoms with E-state index >= 15 is 4.39 Å². The summed E-state index contributed by atoms with van der Waals surface area (Å²) < 4.78 is 37.9. The predicted octanol–water partition coefficient (Wildman–Crippen LogP) is 5.11. The number of pyridine rings is 1. The SMILES string of the molecule is COc1cc2nccc(Oc3ccc(NC(=S)NC(=O)Cc4ccccc4)cc3F)c2cc1C(=O)NCC1COC(C)(C)O1. The van der Waals surface area contributed by atoms with Crippen LogP contribution in [-0.2, 0) is 20.7 Å². The average molecular weight is 619 g/mol. The minimum Gasteiger partial charge on any atom is -0.496 e. The molecule has 4 aromatic rings. The molecule has 0 spiro atoms. The van der Waals surface area contributed by atoms with Gasteiger partial charge in [0.15, 0.2) is 22.5 Å². The van der Waals surface area contributed by atoms with Crippen molar-refractivity contribution >= 4 is 45.7 Å². The Kier molecular flexibility index (Phi) is 9.33. The van der Waals surface area contributed by atoms with Crippen LogP contribution in [0.3, 0.4) is 0 Å². The van der Waals surface area contributed by atoms with Gasteiger partial charge < -0.3 is 34.9 Å². The van der Waals surface area contributed by atoms with Gasteiger partial charge in [-0.2, -0.15) is 0 Å². The van der Waals surface area contributed by atoms with Crippen LogP contribution < -0.4 is 25.4 Å². The highest BCUT2D eigenvalue weighted by molar-refractivity contribution is 7.80. The molecule has 12 heteroatoms. The third kappa shape index (κ3) is 7.64. The Balaban J connectivity index is 1.27. The third-order valence-corrected chi connectivity index (χ3v) is 6.90. The molecule has 10 nitrogen and oxygen atoms in total. The molecule has 0 saturated carbocycles. The zero-order chi connectivity index (χ0) is 31.3. The van der Waals surface area contributed by atoms with Gasteiger partial charge in [-0.05, 0) is 55.9 Å². The summed E-state index contributed by atoms with van der Waals surface area (Å²) in [6.45, 7) is 4.22. The summed E-state index contributed by atoms with van der Waals surface area (Å²) >= 11 is 5.22. The Bertz CT molecular complexity index is 1700. The van der Waals surface area contributed by atoms with Crippen LogP contribution in [0, 0.1) is 5.82 Å². The molecule has 228 valence electrons. The number of halogens is 1. The maximum atomic E-state index is 15.1. The van der Waals surface area contributed by atoms with Crippen LogP contribution in [0.2, 0.25) is 0 Å². The standard InChI is InChI=1S/C32H31FN4O6S/c1-32(2)41-18-21(43-32)17-35-30(39)23-15-22-25(16-28(23)40-3)34-12-11-26(22)42-27-10-9-20(14-24(27)33)36-31(44)37-29(38)13-19-7-5-4-6-8-19/h4-12,14-16,21H,13,17-18H2,1-3H3,(H,35,39)(H2,36,37,38,44). The number of amides is 2. The fraction of sp³-hybridized carbons (Fsp3) is 0.250. The third-order valence-electron chi connectivity index (χ3n) is 6.70. The molecule has 1 atom stereocenters. The molecule has 3 aromatic carbocycles. The number of hydrogen-bond acceptors (Lipinski definition) is 8. The fourth-order valence-corrected chi connectivity index (χ4v) is 4.87. The summed E-state index contributed by atoms with van der Waals surface area (Å²) in [4.78, 5) is 29.8. The average Bonchev–Trinajstić information content (AvgIpc) is 3.35. The van der Waals surface area contributed by atoms with Crippen molar-refractivity contribution in [3.63, 3.8) is 0 Å². The Morgan fingerprint density at radius 1 is 1.07 bits per heavy atom. The highest BCUT2D eigenvalue weighted by Gasteiger charge is 2.33. The largest absolute Gasteiger partial charge is 0.496 e. The van der Waals surface area contributed by atoms with Crippen molar-refractivity contribution in [3.05, 3.63) is 89.9 Å². The lowest BCUT2D eigenvalue weighted by Gasteiger charge is -2.18. The van der Waals surface area contributed by atoms with E-state index in [1.165, 1.54) is 25.4 Å². The minimum atomic E-state index is -0.707. The number of hydrogen-bond donors (Lipinski definition) is 3. The van der Waals surface area contributed by atoms with Crippen molar-refractivity contribution < 1.29 is 32.9 Å². The summed E-state index contributed by atoms with van der Waals surface area (Å²) in [6.07, 6.45) is 1.38. The maximum absolute atomic E-state index is 15.1. The number of fused-ring (bicyclic) bond motifs is 1. The molecule has 2 amide bonds. The van der Waals surface area contributed by atoms with Gasteiger partial charge in [-0.15, -0.1) is 0 Å². The number of carbonyl (C=O) groups is 2. The normalized spacial score (nSPS) is 15.4. The van der Waals surface area contributed by atoms with Crippen molar-refractivity contribution in [3.8, 4) is 17.2 Å². The van der Waals surface area contributed by atoms with Gasteiger partial charge in [0.2, 0.25) is 5.91 Å². The van der Waals surface area contributed by atoms with Crippen LogP contribution in [0.25, 0.3) is 10.9 Å².